The number of para-hydroxylation sites is 1. The Labute approximate surface area is 186 Å². The van der Waals surface area contributed by atoms with E-state index in [-0.39, 0.29) is 17.3 Å². The van der Waals surface area contributed by atoms with Gasteiger partial charge in [0.2, 0.25) is 5.91 Å². The molecule has 0 spiro atoms. The molecule has 1 amide bonds. The van der Waals surface area contributed by atoms with Gasteiger partial charge in [-0.05, 0) is 38.1 Å². The van der Waals surface area contributed by atoms with Crippen LogP contribution in [0.15, 0.2) is 72.4 Å². The van der Waals surface area contributed by atoms with Crippen molar-refractivity contribution in [2.24, 2.45) is 0 Å². The van der Waals surface area contributed by atoms with Crippen LogP contribution in [0.5, 0.6) is 11.5 Å². The summed E-state index contributed by atoms with van der Waals surface area (Å²) in [6, 6.07) is 16.8. The number of aromatic nitrogens is 3. The molecule has 0 fully saturated rings. The molecule has 1 aromatic heterocycles. The molecule has 1 N–H and O–H groups in total. The Morgan fingerprint density at radius 2 is 1.90 bits per heavy atom. The largest absolute Gasteiger partial charge is 0.497 e. The highest BCUT2D eigenvalue weighted by atomic mass is 32.2. The number of nitrogens with zero attached hydrogens (tertiary/aromatic N) is 3. The van der Waals surface area contributed by atoms with E-state index in [0.29, 0.717) is 29.0 Å². The third-order valence-corrected chi connectivity index (χ3v) is 5.55. The van der Waals surface area contributed by atoms with E-state index in [1.165, 1.54) is 11.8 Å². The number of nitrogens with one attached hydrogen (secondary N) is 1. The maximum atomic E-state index is 12.6. The first kappa shape index (κ1) is 22.4. The van der Waals surface area contributed by atoms with E-state index in [1.54, 1.807) is 13.2 Å². The Hall–Kier alpha value is -3.26. The van der Waals surface area contributed by atoms with E-state index in [1.807, 2.05) is 73.0 Å². The Bertz CT molecular complexity index is 1020. The molecule has 7 nitrogen and oxygen atoms in total. The van der Waals surface area contributed by atoms with Crippen molar-refractivity contribution in [3.05, 3.63) is 73.1 Å². The first-order valence-corrected chi connectivity index (χ1v) is 10.8. The summed E-state index contributed by atoms with van der Waals surface area (Å²) in [5, 5.41) is 11.8. The summed E-state index contributed by atoms with van der Waals surface area (Å²) in [7, 11) is 1.61. The molecule has 0 aliphatic carbocycles. The molecule has 2 unspecified atom stereocenters. The molecule has 0 saturated heterocycles. The Kier molecular flexibility index (Phi) is 7.72. The highest BCUT2D eigenvalue weighted by Gasteiger charge is 2.23. The maximum Gasteiger partial charge on any atom is 0.237 e. The van der Waals surface area contributed by atoms with E-state index in [0.717, 1.165) is 5.69 Å². The topological polar surface area (TPSA) is 78.3 Å². The Morgan fingerprint density at radius 1 is 1.16 bits per heavy atom. The number of hydrogen-bond donors (Lipinski definition) is 1. The van der Waals surface area contributed by atoms with Gasteiger partial charge >= 0.3 is 0 Å². The summed E-state index contributed by atoms with van der Waals surface area (Å²) in [5.41, 5.74) is 0.758. The second-order valence-electron chi connectivity index (χ2n) is 6.79. The molecular weight excluding hydrogens is 412 g/mol. The van der Waals surface area contributed by atoms with Gasteiger partial charge in [0.15, 0.2) is 17.1 Å². The van der Waals surface area contributed by atoms with Gasteiger partial charge in [-0.1, -0.05) is 42.1 Å². The van der Waals surface area contributed by atoms with Crippen LogP contribution in [-0.4, -0.2) is 33.0 Å². The molecule has 1 heterocycles. The molecule has 0 saturated carbocycles. The van der Waals surface area contributed by atoms with Crippen LogP contribution in [0.1, 0.15) is 25.8 Å². The fourth-order valence-electron chi connectivity index (χ4n) is 2.90. The van der Waals surface area contributed by atoms with Crippen LogP contribution in [0.25, 0.3) is 0 Å². The zero-order chi connectivity index (χ0) is 22.2. The van der Waals surface area contributed by atoms with Crippen molar-refractivity contribution in [2.45, 2.75) is 36.9 Å². The van der Waals surface area contributed by atoms with E-state index in [2.05, 4.69) is 22.1 Å². The van der Waals surface area contributed by atoms with Crippen molar-refractivity contribution in [3.8, 4) is 11.5 Å². The van der Waals surface area contributed by atoms with Crippen LogP contribution >= 0.6 is 11.8 Å². The van der Waals surface area contributed by atoms with E-state index < -0.39 is 0 Å². The van der Waals surface area contributed by atoms with Crippen LogP contribution in [-0.2, 0) is 11.3 Å². The lowest BCUT2D eigenvalue weighted by atomic mass is 10.3. The average Bonchev–Trinajstić information content (AvgIpc) is 3.17. The number of anilines is 1. The first-order valence-electron chi connectivity index (χ1n) is 9.89. The van der Waals surface area contributed by atoms with Crippen molar-refractivity contribution in [2.75, 3.05) is 12.4 Å². The first-order chi connectivity index (χ1) is 15.0. The highest BCUT2D eigenvalue weighted by molar-refractivity contribution is 8.00. The van der Waals surface area contributed by atoms with Crippen molar-refractivity contribution in [3.63, 3.8) is 0 Å². The highest BCUT2D eigenvalue weighted by Crippen LogP contribution is 2.28. The van der Waals surface area contributed by atoms with Gasteiger partial charge in [0.25, 0.3) is 0 Å². The number of amides is 1. The quantitative estimate of drug-likeness (QED) is 0.364. The number of hydrogen-bond acceptors (Lipinski definition) is 6. The minimum absolute atomic E-state index is 0.105. The van der Waals surface area contributed by atoms with E-state index >= 15 is 0 Å². The van der Waals surface area contributed by atoms with Gasteiger partial charge in [0.05, 0.1) is 12.4 Å². The fourth-order valence-corrected chi connectivity index (χ4v) is 3.76. The second kappa shape index (κ2) is 10.7. The van der Waals surface area contributed by atoms with Crippen molar-refractivity contribution in [1.82, 2.24) is 14.8 Å². The maximum absolute atomic E-state index is 12.6. The van der Waals surface area contributed by atoms with Crippen molar-refractivity contribution in [1.29, 1.82) is 0 Å². The smallest absolute Gasteiger partial charge is 0.237 e. The molecular formula is C23H26N4O3S. The molecule has 0 bridgehead atoms. The molecule has 0 aliphatic heterocycles. The summed E-state index contributed by atoms with van der Waals surface area (Å²) >= 11 is 1.34. The lowest BCUT2D eigenvalue weighted by molar-refractivity contribution is -0.115. The second-order valence-corrected chi connectivity index (χ2v) is 8.10. The Balaban J connectivity index is 1.73. The normalized spacial score (nSPS) is 12.6. The van der Waals surface area contributed by atoms with Crippen LogP contribution < -0.4 is 14.8 Å². The SMILES string of the molecule is C=CCn1c(SC(C)C(=O)Nc2ccccc2)nnc1C(C)Oc1cccc(OC)c1. The van der Waals surface area contributed by atoms with Gasteiger partial charge in [-0.3, -0.25) is 9.36 Å². The summed E-state index contributed by atoms with van der Waals surface area (Å²) in [4.78, 5) is 12.6. The molecule has 0 aliphatic rings. The fraction of sp³-hybridized carbons (Fsp3) is 0.261. The van der Waals surface area contributed by atoms with Crippen LogP contribution in [0, 0.1) is 0 Å². The molecule has 2 atom stereocenters. The third kappa shape index (κ3) is 5.88. The number of thioether (sulfide) groups is 1. The van der Waals surface area contributed by atoms with Crippen LogP contribution in [0.4, 0.5) is 5.69 Å². The molecule has 8 heteroatoms. The lowest BCUT2D eigenvalue weighted by Gasteiger charge is -2.17. The number of methoxy groups -OCH3 is 1. The number of rotatable bonds is 10. The van der Waals surface area contributed by atoms with E-state index in [4.69, 9.17) is 9.47 Å². The molecule has 31 heavy (non-hydrogen) atoms. The lowest BCUT2D eigenvalue weighted by Crippen LogP contribution is -2.23. The van der Waals surface area contributed by atoms with Gasteiger partial charge in [0.1, 0.15) is 11.5 Å². The van der Waals surface area contributed by atoms with Crippen LogP contribution in [0.2, 0.25) is 0 Å². The third-order valence-electron chi connectivity index (χ3n) is 4.47. The predicted molar refractivity (Wildman–Crippen MR) is 123 cm³/mol. The summed E-state index contributed by atoms with van der Waals surface area (Å²) in [5.74, 6) is 1.93. The average molecular weight is 439 g/mol. The summed E-state index contributed by atoms with van der Waals surface area (Å²) in [6.07, 6.45) is 1.41. The number of benzene rings is 2. The van der Waals surface area contributed by atoms with Gasteiger partial charge in [-0.25, -0.2) is 0 Å². The van der Waals surface area contributed by atoms with Gasteiger partial charge in [-0.2, -0.15) is 0 Å². The van der Waals surface area contributed by atoms with Crippen molar-refractivity contribution < 1.29 is 14.3 Å². The Morgan fingerprint density at radius 3 is 2.61 bits per heavy atom. The van der Waals surface area contributed by atoms with Crippen molar-refractivity contribution >= 4 is 23.4 Å². The van der Waals surface area contributed by atoms with Gasteiger partial charge < -0.3 is 14.8 Å². The zero-order valence-corrected chi connectivity index (χ0v) is 18.6. The number of ether oxygens (including phenoxy) is 2. The van der Waals surface area contributed by atoms with Gasteiger partial charge in [0, 0.05) is 18.3 Å². The van der Waals surface area contributed by atoms with Gasteiger partial charge in [-0.15, -0.1) is 16.8 Å². The minimum atomic E-state index is -0.365. The number of carbonyl (C=O) groups is 1. The molecule has 162 valence electrons. The molecule has 0 radical (unpaired) electrons. The summed E-state index contributed by atoms with van der Waals surface area (Å²) < 4.78 is 13.2. The summed E-state index contributed by atoms with van der Waals surface area (Å²) in [6.45, 7) is 8.08. The molecule has 2 aromatic carbocycles. The number of carbonyl (C=O) groups excluding carboxylic acids is 1. The standard InChI is InChI=1S/C23H26N4O3S/c1-5-14-27-21(16(2)30-20-13-9-12-19(15-20)29-4)25-26-23(27)31-17(3)22(28)24-18-10-7-6-8-11-18/h5-13,15-17H,1,14H2,2-4H3,(H,24,28). The minimum Gasteiger partial charge on any atom is -0.497 e. The monoisotopic (exact) mass is 438 g/mol. The molecule has 3 aromatic rings. The van der Waals surface area contributed by atoms with Crippen LogP contribution in [0.3, 0.4) is 0 Å². The van der Waals surface area contributed by atoms with E-state index in [9.17, 15) is 4.79 Å². The number of allylic oxidation sites excluding steroid dienone is 1. The zero-order valence-electron chi connectivity index (χ0n) is 17.8. The molecule has 3 rings (SSSR count). The predicted octanol–water partition coefficient (Wildman–Crippen LogP) is 4.73.